The summed E-state index contributed by atoms with van der Waals surface area (Å²) in [4.78, 5) is 15.4. The molecule has 0 saturated carbocycles. The van der Waals surface area contributed by atoms with Crippen LogP contribution in [0.1, 0.15) is 0 Å². The van der Waals surface area contributed by atoms with Crippen molar-refractivity contribution in [3.05, 3.63) is 0 Å². The molecule has 0 rings (SSSR count). The molecule has 0 radical (unpaired) electrons. The van der Waals surface area contributed by atoms with Crippen LogP contribution in [0.15, 0.2) is 0 Å². The molecule has 0 unspecified atom stereocenters. The summed E-state index contributed by atoms with van der Waals surface area (Å²) in [5.41, 5.74) is 0. The van der Waals surface area contributed by atoms with Crippen LogP contribution in [-0.4, -0.2) is 16.9 Å². The quantitative estimate of drug-likeness (QED) is 0.427. The van der Waals surface area contributed by atoms with Crippen molar-refractivity contribution >= 4 is 7.82 Å². The van der Waals surface area contributed by atoms with Crippen LogP contribution in [0.4, 0.5) is 0 Å². The van der Waals surface area contributed by atoms with Gasteiger partial charge in [-0.05, 0) is 0 Å². The molecule has 40 valence electrons. The summed E-state index contributed by atoms with van der Waals surface area (Å²) in [5, 5.41) is 0. The maximum Gasteiger partial charge on any atom is 0.469 e. The molecule has 0 bridgehead atoms. The second-order valence-corrected chi connectivity index (χ2v) is 2.02. The molecule has 0 aromatic carbocycles. The summed E-state index contributed by atoms with van der Waals surface area (Å²) < 4.78 is 13.1. The third-order valence-corrected chi connectivity index (χ3v) is 0.714. The average molecular weight is 177 g/mol. The molecule has 0 aliphatic carbocycles. The minimum absolute atomic E-state index is 0. The molecule has 0 spiro atoms. The monoisotopic (exact) mass is 176 g/mol. The van der Waals surface area contributed by atoms with Gasteiger partial charge in [0.25, 0.3) is 0 Å². The van der Waals surface area contributed by atoms with Crippen LogP contribution in [0.2, 0.25) is 0 Å². The summed E-state index contributed by atoms with van der Waals surface area (Å²) in [6.45, 7) is 0. The Morgan fingerprint density at radius 2 is 1.71 bits per heavy atom. The molecule has 0 fully saturated rings. The molecular formula is CH5O4PZn. The average Bonchev–Trinajstić information content (AvgIpc) is 1.35. The first-order valence-corrected chi connectivity index (χ1v) is 2.70. The van der Waals surface area contributed by atoms with E-state index in [0.717, 1.165) is 7.11 Å². The molecular weight excluding hydrogens is 172 g/mol. The topological polar surface area (TPSA) is 66.8 Å². The van der Waals surface area contributed by atoms with Gasteiger partial charge in [-0.2, -0.15) is 0 Å². The minimum Gasteiger partial charge on any atom is -0.303 e. The van der Waals surface area contributed by atoms with Gasteiger partial charge < -0.3 is 9.79 Å². The first kappa shape index (κ1) is 10.7. The first-order valence-electron chi connectivity index (χ1n) is 1.17. The number of phosphoric ester groups is 1. The number of hydrogen-bond acceptors (Lipinski definition) is 2. The van der Waals surface area contributed by atoms with Gasteiger partial charge in [0.2, 0.25) is 0 Å². The molecule has 0 aromatic heterocycles. The van der Waals surface area contributed by atoms with Gasteiger partial charge in [-0.25, -0.2) is 4.57 Å². The Balaban J connectivity index is 0. The van der Waals surface area contributed by atoms with Crippen LogP contribution in [0.3, 0.4) is 0 Å². The molecule has 0 atom stereocenters. The van der Waals surface area contributed by atoms with Crippen molar-refractivity contribution in [2.45, 2.75) is 0 Å². The molecule has 7 heavy (non-hydrogen) atoms. The molecule has 2 N–H and O–H groups in total. The molecule has 6 heteroatoms. The van der Waals surface area contributed by atoms with Crippen molar-refractivity contribution in [2.75, 3.05) is 7.11 Å². The maximum absolute atomic E-state index is 9.47. The van der Waals surface area contributed by atoms with E-state index in [1.165, 1.54) is 0 Å². The van der Waals surface area contributed by atoms with E-state index in [2.05, 4.69) is 4.52 Å². The van der Waals surface area contributed by atoms with Crippen molar-refractivity contribution in [2.24, 2.45) is 0 Å². The van der Waals surface area contributed by atoms with E-state index < -0.39 is 7.82 Å². The second kappa shape index (κ2) is 3.70. The van der Waals surface area contributed by atoms with Crippen molar-refractivity contribution < 1.29 is 38.4 Å². The molecule has 0 saturated heterocycles. The van der Waals surface area contributed by atoms with Crippen LogP contribution in [0, 0.1) is 0 Å². The Hall–Kier alpha value is 0.733. The maximum atomic E-state index is 9.47. The van der Waals surface area contributed by atoms with Crippen molar-refractivity contribution in [3.63, 3.8) is 0 Å². The van der Waals surface area contributed by atoms with Crippen LogP contribution in [-0.2, 0) is 28.6 Å². The smallest absolute Gasteiger partial charge is 0.303 e. The van der Waals surface area contributed by atoms with Crippen molar-refractivity contribution in [3.8, 4) is 0 Å². The SMILES string of the molecule is COP(=O)(O)O.[Zn]. The predicted octanol–water partition coefficient (Wildman–Crippen LogP) is -0.277. The van der Waals surface area contributed by atoms with Gasteiger partial charge >= 0.3 is 7.82 Å². The number of hydrogen-bond donors (Lipinski definition) is 2. The molecule has 0 aliphatic heterocycles. The number of phosphoric acid groups is 1. The molecule has 0 aliphatic rings. The van der Waals surface area contributed by atoms with Crippen LogP contribution in [0.25, 0.3) is 0 Å². The Labute approximate surface area is 53.9 Å². The Morgan fingerprint density at radius 1 is 1.57 bits per heavy atom. The van der Waals surface area contributed by atoms with E-state index in [-0.39, 0.29) is 19.5 Å². The Kier molecular flexibility index (Phi) is 5.64. The third kappa shape index (κ3) is 10.8. The fourth-order valence-electron chi connectivity index (χ4n) is 0. The van der Waals surface area contributed by atoms with Gasteiger partial charge in [-0.15, -0.1) is 0 Å². The predicted molar refractivity (Wildman–Crippen MR) is 19.1 cm³/mol. The zero-order chi connectivity index (χ0) is 5.21. The van der Waals surface area contributed by atoms with Crippen molar-refractivity contribution in [1.82, 2.24) is 0 Å². The standard InChI is InChI=1S/CH5O4P.Zn/c1-5-6(2,3)4;/h1H3,(H2,2,3,4);. The van der Waals surface area contributed by atoms with E-state index in [0.29, 0.717) is 0 Å². The van der Waals surface area contributed by atoms with Gasteiger partial charge in [-0.1, -0.05) is 0 Å². The van der Waals surface area contributed by atoms with E-state index >= 15 is 0 Å². The van der Waals surface area contributed by atoms with Gasteiger partial charge in [-0.3, -0.25) is 4.52 Å². The van der Waals surface area contributed by atoms with E-state index in [4.69, 9.17) is 9.79 Å². The van der Waals surface area contributed by atoms with E-state index in [9.17, 15) is 4.57 Å². The third-order valence-electron chi connectivity index (χ3n) is 0.238. The molecule has 0 heterocycles. The second-order valence-electron chi connectivity index (χ2n) is 0.673. The van der Waals surface area contributed by atoms with Gasteiger partial charge in [0.05, 0.1) is 0 Å². The molecule has 4 nitrogen and oxygen atoms in total. The van der Waals surface area contributed by atoms with Gasteiger partial charge in [0.1, 0.15) is 0 Å². The van der Waals surface area contributed by atoms with Crippen LogP contribution in [0.5, 0.6) is 0 Å². The largest absolute Gasteiger partial charge is 0.469 e. The van der Waals surface area contributed by atoms with E-state index in [1.54, 1.807) is 0 Å². The van der Waals surface area contributed by atoms with Crippen molar-refractivity contribution in [1.29, 1.82) is 0 Å². The fourth-order valence-corrected chi connectivity index (χ4v) is 0. The van der Waals surface area contributed by atoms with E-state index in [1.807, 2.05) is 0 Å². The summed E-state index contributed by atoms with van der Waals surface area (Å²) in [6, 6.07) is 0. The summed E-state index contributed by atoms with van der Waals surface area (Å²) >= 11 is 0. The first-order chi connectivity index (χ1) is 2.56. The zero-order valence-electron chi connectivity index (χ0n) is 3.87. The van der Waals surface area contributed by atoms with Crippen LogP contribution >= 0.6 is 7.82 Å². The molecule has 0 aromatic rings. The van der Waals surface area contributed by atoms with Crippen LogP contribution < -0.4 is 0 Å². The zero-order valence-corrected chi connectivity index (χ0v) is 7.73. The summed E-state index contributed by atoms with van der Waals surface area (Å²) in [5.74, 6) is 0. The minimum atomic E-state index is -4.15. The Bertz CT molecular complexity index is 75.8. The summed E-state index contributed by atoms with van der Waals surface area (Å²) in [6.07, 6.45) is 0. The summed E-state index contributed by atoms with van der Waals surface area (Å²) in [7, 11) is -3.20. The Morgan fingerprint density at radius 3 is 1.71 bits per heavy atom. The number of rotatable bonds is 1. The van der Waals surface area contributed by atoms with Gasteiger partial charge in [0, 0.05) is 26.6 Å². The fraction of sp³-hybridized carbons (Fsp3) is 1.00. The molecule has 0 amide bonds. The normalized spacial score (nSPS) is 10.1. The van der Waals surface area contributed by atoms with Gasteiger partial charge in [0.15, 0.2) is 0 Å².